The van der Waals surface area contributed by atoms with Gasteiger partial charge in [0, 0.05) is 13.1 Å². The first-order chi connectivity index (χ1) is 11.6. The van der Waals surface area contributed by atoms with Gasteiger partial charge < -0.3 is 4.90 Å². The molecule has 124 valence electrons. The van der Waals surface area contributed by atoms with Crippen LogP contribution in [-0.2, 0) is 6.54 Å². The van der Waals surface area contributed by atoms with Gasteiger partial charge in [-0.1, -0.05) is 12.1 Å². The molecule has 0 fully saturated rings. The number of nitrogens with one attached hydrogen (secondary N) is 1. The number of benzene rings is 1. The molecule has 0 aliphatic rings. The first kappa shape index (κ1) is 16.3. The molecule has 24 heavy (non-hydrogen) atoms. The van der Waals surface area contributed by atoms with E-state index in [9.17, 15) is 9.18 Å². The maximum atomic E-state index is 13.3. The van der Waals surface area contributed by atoms with Crippen molar-refractivity contribution < 1.29 is 9.18 Å². The molecular weight excluding hydrogens is 329 g/mol. The lowest BCUT2D eigenvalue weighted by molar-refractivity contribution is 0.0756. The van der Waals surface area contributed by atoms with Gasteiger partial charge in [0.2, 0.25) is 0 Å². The van der Waals surface area contributed by atoms with Gasteiger partial charge in [0.05, 0.1) is 5.69 Å². The monoisotopic (exact) mass is 345 g/mol. The lowest BCUT2D eigenvalue weighted by atomic mass is 10.2. The normalized spacial score (nSPS) is 10.8. The largest absolute Gasteiger partial charge is 0.334 e. The third-order valence-electron chi connectivity index (χ3n) is 3.54. The summed E-state index contributed by atoms with van der Waals surface area (Å²) in [5.74, 6) is 0.107. The highest BCUT2D eigenvalue weighted by atomic mass is 32.1. The molecule has 1 N–H and O–H groups in total. The smallest absolute Gasteiger partial charge is 0.266 e. The molecule has 0 saturated heterocycles. The Morgan fingerprint density at radius 2 is 2.25 bits per heavy atom. The second-order valence-corrected chi connectivity index (χ2v) is 6.22. The van der Waals surface area contributed by atoms with Gasteiger partial charge in [-0.3, -0.25) is 9.89 Å². The van der Waals surface area contributed by atoms with Gasteiger partial charge in [-0.2, -0.15) is 5.10 Å². The van der Waals surface area contributed by atoms with E-state index < -0.39 is 0 Å². The zero-order chi connectivity index (χ0) is 17.1. The van der Waals surface area contributed by atoms with Crippen molar-refractivity contribution in [2.24, 2.45) is 0 Å². The highest BCUT2D eigenvalue weighted by Gasteiger charge is 2.22. The topological polar surface area (TPSA) is 74.8 Å². The van der Waals surface area contributed by atoms with Crippen LogP contribution in [-0.4, -0.2) is 37.5 Å². The van der Waals surface area contributed by atoms with Crippen LogP contribution in [0, 0.1) is 12.7 Å². The quantitative estimate of drug-likeness (QED) is 0.771. The van der Waals surface area contributed by atoms with E-state index in [1.165, 1.54) is 29.8 Å². The molecule has 0 aliphatic carbocycles. The predicted octanol–water partition coefficient (Wildman–Crippen LogP) is 3.04. The van der Waals surface area contributed by atoms with Crippen LogP contribution in [0.1, 0.15) is 27.9 Å². The van der Waals surface area contributed by atoms with Crippen LogP contribution in [0.25, 0.3) is 10.8 Å². The number of amides is 1. The molecule has 0 aliphatic heterocycles. The maximum absolute atomic E-state index is 13.3. The van der Waals surface area contributed by atoms with Crippen LogP contribution >= 0.6 is 11.3 Å². The Morgan fingerprint density at radius 1 is 1.42 bits per heavy atom. The Kier molecular flexibility index (Phi) is 4.66. The van der Waals surface area contributed by atoms with Crippen LogP contribution in [0.4, 0.5) is 4.39 Å². The second kappa shape index (κ2) is 6.88. The zero-order valence-electron chi connectivity index (χ0n) is 13.3. The highest BCUT2D eigenvalue weighted by Crippen LogP contribution is 2.26. The molecule has 3 rings (SSSR count). The summed E-state index contributed by atoms with van der Waals surface area (Å²) >= 11 is 1.27. The van der Waals surface area contributed by atoms with Crippen LogP contribution in [0.15, 0.2) is 30.6 Å². The summed E-state index contributed by atoms with van der Waals surface area (Å²) in [5, 5.41) is 7.16. The maximum Gasteiger partial charge on any atom is 0.266 e. The van der Waals surface area contributed by atoms with Crippen molar-refractivity contribution in [1.82, 2.24) is 25.1 Å². The van der Waals surface area contributed by atoms with E-state index in [-0.39, 0.29) is 11.7 Å². The lowest BCUT2D eigenvalue weighted by Crippen LogP contribution is -2.30. The number of nitrogens with zero attached hydrogens (tertiary/aromatic N) is 4. The molecule has 0 unspecified atom stereocenters. The Bertz CT molecular complexity index is 846. The van der Waals surface area contributed by atoms with E-state index in [1.807, 2.05) is 6.92 Å². The number of aryl methyl sites for hydroxylation is 1. The summed E-state index contributed by atoms with van der Waals surface area (Å²) in [6.45, 7) is 4.55. The fourth-order valence-electron chi connectivity index (χ4n) is 2.33. The second-order valence-electron chi connectivity index (χ2n) is 5.22. The fourth-order valence-corrected chi connectivity index (χ4v) is 3.31. The number of rotatable bonds is 5. The van der Waals surface area contributed by atoms with Gasteiger partial charge in [-0.05, 0) is 31.5 Å². The van der Waals surface area contributed by atoms with Gasteiger partial charge in [0.15, 0.2) is 10.8 Å². The Balaban J connectivity index is 1.84. The molecule has 0 atom stereocenters. The van der Waals surface area contributed by atoms with Crippen LogP contribution in [0.2, 0.25) is 0 Å². The number of halogens is 1. The molecule has 3 aromatic rings. The van der Waals surface area contributed by atoms with Crippen molar-refractivity contribution in [3.8, 4) is 10.8 Å². The molecule has 1 aromatic carbocycles. The molecule has 0 spiro atoms. The van der Waals surface area contributed by atoms with Gasteiger partial charge in [-0.15, -0.1) is 11.3 Å². The molecule has 0 saturated carbocycles. The van der Waals surface area contributed by atoms with Crippen molar-refractivity contribution in [1.29, 1.82) is 0 Å². The summed E-state index contributed by atoms with van der Waals surface area (Å²) in [4.78, 5) is 23.5. The third kappa shape index (κ3) is 3.33. The van der Waals surface area contributed by atoms with E-state index in [0.29, 0.717) is 34.5 Å². The molecule has 2 heterocycles. The molecule has 1 amide bonds. The van der Waals surface area contributed by atoms with Crippen LogP contribution < -0.4 is 0 Å². The number of carbonyl (C=O) groups excluding carboxylic acids is 1. The van der Waals surface area contributed by atoms with Crippen molar-refractivity contribution >= 4 is 17.2 Å². The van der Waals surface area contributed by atoms with E-state index in [2.05, 4.69) is 20.2 Å². The Hall–Kier alpha value is -2.61. The molecule has 6 nitrogen and oxygen atoms in total. The molecule has 0 radical (unpaired) electrons. The first-order valence-electron chi connectivity index (χ1n) is 7.45. The minimum absolute atomic E-state index is 0.123. The number of H-pyrrole nitrogens is 1. The standard InChI is InChI=1S/C16H16FN5OS/c1-3-22(8-11-5-4-6-12(17)7-11)16(23)13-10(2)20-15(24-13)14-18-9-19-21-14/h4-7,9H,3,8H2,1-2H3,(H,18,19,21). The van der Waals surface area contributed by atoms with E-state index in [1.54, 1.807) is 24.0 Å². The van der Waals surface area contributed by atoms with Crippen molar-refractivity contribution in [3.63, 3.8) is 0 Å². The van der Waals surface area contributed by atoms with Gasteiger partial charge in [-0.25, -0.2) is 14.4 Å². The summed E-state index contributed by atoms with van der Waals surface area (Å²) in [6, 6.07) is 6.27. The number of hydrogen-bond donors (Lipinski definition) is 1. The first-order valence-corrected chi connectivity index (χ1v) is 8.27. The summed E-state index contributed by atoms with van der Waals surface area (Å²) in [7, 11) is 0. The van der Waals surface area contributed by atoms with Crippen LogP contribution in [0.5, 0.6) is 0 Å². The Morgan fingerprint density at radius 3 is 2.92 bits per heavy atom. The SMILES string of the molecule is CCN(Cc1cccc(F)c1)C(=O)c1sc(-c2ncn[nH]2)nc1C. The van der Waals surface area contributed by atoms with E-state index in [4.69, 9.17) is 0 Å². The number of carbonyl (C=O) groups is 1. The van der Waals surface area contributed by atoms with Gasteiger partial charge in [0.25, 0.3) is 5.91 Å². The average Bonchev–Trinajstić information content (AvgIpc) is 3.21. The number of aromatic amines is 1. The molecule has 8 heteroatoms. The minimum Gasteiger partial charge on any atom is -0.334 e. The van der Waals surface area contributed by atoms with Crippen molar-refractivity contribution in [3.05, 3.63) is 52.5 Å². The lowest BCUT2D eigenvalue weighted by Gasteiger charge is -2.20. The average molecular weight is 345 g/mol. The predicted molar refractivity (Wildman–Crippen MR) is 89.0 cm³/mol. The van der Waals surface area contributed by atoms with Gasteiger partial charge in [0.1, 0.15) is 17.0 Å². The van der Waals surface area contributed by atoms with Crippen molar-refractivity contribution in [2.75, 3.05) is 6.54 Å². The van der Waals surface area contributed by atoms with Crippen LogP contribution in [0.3, 0.4) is 0 Å². The molecule has 0 bridgehead atoms. The summed E-state index contributed by atoms with van der Waals surface area (Å²) in [5.41, 5.74) is 1.40. The third-order valence-corrected chi connectivity index (χ3v) is 4.69. The fraction of sp³-hybridized carbons (Fsp3) is 0.250. The Labute approximate surface area is 142 Å². The van der Waals surface area contributed by atoms with Gasteiger partial charge >= 0.3 is 0 Å². The number of aromatic nitrogens is 4. The van der Waals surface area contributed by atoms with Crippen molar-refractivity contribution in [2.45, 2.75) is 20.4 Å². The molecular formula is C16H16FN5OS. The number of thiazole rings is 1. The summed E-state index contributed by atoms with van der Waals surface area (Å²) < 4.78 is 13.3. The number of hydrogen-bond acceptors (Lipinski definition) is 5. The minimum atomic E-state index is -0.308. The van der Waals surface area contributed by atoms with E-state index in [0.717, 1.165) is 5.56 Å². The highest BCUT2D eigenvalue weighted by molar-refractivity contribution is 7.17. The zero-order valence-corrected chi connectivity index (χ0v) is 14.1. The van der Waals surface area contributed by atoms with E-state index >= 15 is 0 Å². The molecule has 2 aromatic heterocycles. The summed E-state index contributed by atoms with van der Waals surface area (Å²) in [6.07, 6.45) is 1.40.